The van der Waals surface area contributed by atoms with E-state index in [1.54, 1.807) is 24.3 Å². The Morgan fingerprint density at radius 3 is 2.61 bits per heavy atom. The number of nitrogens with one attached hydrogen (secondary N) is 1. The standard InChI is InChI=1S/C20H19NO7/c1-10-6-16(22)18(20(25)28-10)13(9-17(23)27-3)14-7-11-4-5-12(26-2)8-15(11)21-19(14)24/h4-8,13,22H,9H2,1-3H3,(H,21,24)/t13-/m1/s1. The molecule has 0 saturated carbocycles. The summed E-state index contributed by atoms with van der Waals surface area (Å²) in [6, 6.07) is 7.95. The van der Waals surface area contributed by atoms with Crippen molar-refractivity contribution in [3.05, 3.63) is 68.0 Å². The van der Waals surface area contributed by atoms with Gasteiger partial charge in [0.25, 0.3) is 5.56 Å². The lowest BCUT2D eigenvalue weighted by Gasteiger charge is -2.17. The second-order valence-electron chi connectivity index (χ2n) is 6.28. The average Bonchev–Trinajstić information content (AvgIpc) is 2.65. The van der Waals surface area contributed by atoms with Gasteiger partial charge in [-0.2, -0.15) is 0 Å². The highest BCUT2D eigenvalue weighted by molar-refractivity contribution is 5.81. The van der Waals surface area contributed by atoms with Crippen molar-refractivity contribution >= 4 is 16.9 Å². The van der Waals surface area contributed by atoms with Crippen molar-refractivity contribution in [3.8, 4) is 11.5 Å². The molecule has 3 rings (SSSR count). The van der Waals surface area contributed by atoms with Crippen LogP contribution in [0.1, 0.15) is 29.2 Å². The quantitative estimate of drug-likeness (QED) is 0.646. The molecule has 0 saturated heterocycles. The summed E-state index contributed by atoms with van der Waals surface area (Å²) in [4.78, 5) is 39.8. The first kappa shape index (κ1) is 19.2. The van der Waals surface area contributed by atoms with Crippen LogP contribution in [-0.2, 0) is 9.53 Å². The van der Waals surface area contributed by atoms with E-state index in [1.165, 1.54) is 27.2 Å². The van der Waals surface area contributed by atoms with Crippen molar-refractivity contribution in [3.63, 3.8) is 0 Å². The molecule has 0 unspecified atom stereocenters. The summed E-state index contributed by atoms with van der Waals surface area (Å²) in [7, 11) is 2.72. The summed E-state index contributed by atoms with van der Waals surface area (Å²) in [5, 5.41) is 11.0. The second kappa shape index (κ2) is 7.59. The number of benzene rings is 1. The highest BCUT2D eigenvalue weighted by atomic mass is 16.5. The van der Waals surface area contributed by atoms with Gasteiger partial charge in [0.2, 0.25) is 0 Å². The van der Waals surface area contributed by atoms with Crippen molar-refractivity contribution in [2.45, 2.75) is 19.3 Å². The van der Waals surface area contributed by atoms with Gasteiger partial charge in [-0.05, 0) is 30.5 Å². The minimum Gasteiger partial charge on any atom is -0.507 e. The smallest absolute Gasteiger partial charge is 0.343 e. The minimum absolute atomic E-state index is 0.134. The highest BCUT2D eigenvalue weighted by Gasteiger charge is 2.28. The molecule has 146 valence electrons. The van der Waals surface area contributed by atoms with Crippen LogP contribution in [0.15, 0.2) is 44.3 Å². The predicted molar refractivity (Wildman–Crippen MR) is 101 cm³/mol. The largest absolute Gasteiger partial charge is 0.507 e. The number of aromatic hydroxyl groups is 1. The third-order valence-corrected chi connectivity index (χ3v) is 4.49. The molecule has 0 bridgehead atoms. The van der Waals surface area contributed by atoms with Gasteiger partial charge in [0.05, 0.1) is 31.7 Å². The topological polar surface area (TPSA) is 119 Å². The van der Waals surface area contributed by atoms with Crippen LogP contribution in [0.2, 0.25) is 0 Å². The number of aromatic amines is 1. The Morgan fingerprint density at radius 1 is 1.21 bits per heavy atom. The number of H-pyrrole nitrogens is 1. The lowest BCUT2D eigenvalue weighted by atomic mass is 9.89. The lowest BCUT2D eigenvalue weighted by Crippen LogP contribution is -2.24. The van der Waals surface area contributed by atoms with E-state index < -0.39 is 23.1 Å². The van der Waals surface area contributed by atoms with E-state index in [-0.39, 0.29) is 29.1 Å². The maximum absolute atomic E-state index is 12.7. The van der Waals surface area contributed by atoms with Crippen molar-refractivity contribution in [2.24, 2.45) is 0 Å². The Kier molecular flexibility index (Phi) is 5.21. The average molecular weight is 385 g/mol. The predicted octanol–water partition coefficient (Wildman–Crippen LogP) is 2.20. The molecular weight excluding hydrogens is 366 g/mol. The van der Waals surface area contributed by atoms with Crippen LogP contribution in [0, 0.1) is 6.92 Å². The number of aromatic nitrogens is 1. The molecule has 0 aliphatic rings. The van der Waals surface area contributed by atoms with Crippen LogP contribution in [0.25, 0.3) is 10.9 Å². The maximum atomic E-state index is 12.7. The molecule has 8 nitrogen and oxygen atoms in total. The molecular formula is C20H19NO7. The number of carbonyl (C=O) groups is 1. The fourth-order valence-electron chi connectivity index (χ4n) is 3.13. The zero-order valence-electron chi connectivity index (χ0n) is 15.6. The summed E-state index contributed by atoms with van der Waals surface area (Å²) >= 11 is 0. The van der Waals surface area contributed by atoms with Crippen LogP contribution in [0.4, 0.5) is 0 Å². The van der Waals surface area contributed by atoms with Gasteiger partial charge in [0.15, 0.2) is 0 Å². The minimum atomic E-state index is -1.04. The third kappa shape index (κ3) is 3.62. The fourth-order valence-corrected chi connectivity index (χ4v) is 3.13. The monoisotopic (exact) mass is 385 g/mol. The number of fused-ring (bicyclic) bond motifs is 1. The first-order chi connectivity index (χ1) is 13.3. The number of pyridine rings is 1. The maximum Gasteiger partial charge on any atom is 0.343 e. The summed E-state index contributed by atoms with van der Waals surface area (Å²) in [6.45, 7) is 1.51. The van der Waals surface area contributed by atoms with E-state index in [0.717, 1.165) is 0 Å². The number of aryl methyl sites for hydroxylation is 1. The van der Waals surface area contributed by atoms with Gasteiger partial charge in [0.1, 0.15) is 17.3 Å². The number of rotatable bonds is 5. The molecule has 2 heterocycles. The molecule has 0 amide bonds. The van der Waals surface area contributed by atoms with Crippen LogP contribution < -0.4 is 15.9 Å². The number of hydrogen-bond acceptors (Lipinski definition) is 7. The van der Waals surface area contributed by atoms with Gasteiger partial charge in [-0.25, -0.2) is 4.79 Å². The van der Waals surface area contributed by atoms with Crippen LogP contribution in [0.5, 0.6) is 11.5 Å². The van der Waals surface area contributed by atoms with Crippen molar-refractivity contribution in [2.75, 3.05) is 14.2 Å². The van der Waals surface area contributed by atoms with E-state index >= 15 is 0 Å². The Labute approximate surface area is 159 Å². The first-order valence-corrected chi connectivity index (χ1v) is 8.45. The van der Waals surface area contributed by atoms with Gasteiger partial charge < -0.3 is 24.0 Å². The summed E-state index contributed by atoms with van der Waals surface area (Å²) in [5.74, 6) is -1.25. The molecule has 2 N–H and O–H groups in total. The molecule has 0 fully saturated rings. The van der Waals surface area contributed by atoms with Crippen LogP contribution in [-0.4, -0.2) is 30.3 Å². The number of hydrogen-bond donors (Lipinski definition) is 2. The second-order valence-corrected chi connectivity index (χ2v) is 6.28. The molecule has 1 atom stereocenters. The zero-order chi connectivity index (χ0) is 20.4. The Bertz CT molecular complexity index is 1160. The van der Waals surface area contributed by atoms with E-state index in [2.05, 4.69) is 4.98 Å². The molecule has 3 aromatic rings. The molecule has 0 aliphatic heterocycles. The van der Waals surface area contributed by atoms with Crippen molar-refractivity contribution in [1.29, 1.82) is 0 Å². The molecule has 2 aromatic heterocycles. The third-order valence-electron chi connectivity index (χ3n) is 4.49. The molecule has 8 heteroatoms. The van der Waals surface area contributed by atoms with E-state index in [1.807, 2.05) is 0 Å². The first-order valence-electron chi connectivity index (χ1n) is 8.45. The normalized spacial score (nSPS) is 12.0. The molecule has 0 radical (unpaired) electrons. The summed E-state index contributed by atoms with van der Waals surface area (Å²) in [5.41, 5.74) is -0.830. The van der Waals surface area contributed by atoms with Gasteiger partial charge in [0, 0.05) is 23.6 Å². The van der Waals surface area contributed by atoms with Crippen molar-refractivity contribution in [1.82, 2.24) is 4.98 Å². The summed E-state index contributed by atoms with van der Waals surface area (Å²) in [6.07, 6.45) is -0.317. The zero-order valence-corrected chi connectivity index (χ0v) is 15.6. The number of methoxy groups -OCH3 is 2. The van der Waals surface area contributed by atoms with Gasteiger partial charge in [-0.15, -0.1) is 0 Å². The van der Waals surface area contributed by atoms with E-state index in [4.69, 9.17) is 13.9 Å². The Morgan fingerprint density at radius 2 is 1.96 bits per heavy atom. The van der Waals surface area contributed by atoms with E-state index in [9.17, 15) is 19.5 Å². The van der Waals surface area contributed by atoms with Crippen LogP contribution >= 0.6 is 0 Å². The number of esters is 1. The summed E-state index contributed by atoms with van der Waals surface area (Å²) < 4.78 is 14.9. The Balaban J connectivity index is 2.24. The lowest BCUT2D eigenvalue weighted by molar-refractivity contribution is -0.140. The molecule has 0 spiro atoms. The van der Waals surface area contributed by atoms with Gasteiger partial charge in [-0.1, -0.05) is 0 Å². The highest BCUT2D eigenvalue weighted by Crippen LogP contribution is 2.32. The SMILES string of the molecule is COC(=O)C[C@H](c1cc2ccc(OC)cc2[nH]c1=O)c1c(O)cc(C)oc1=O. The van der Waals surface area contributed by atoms with Gasteiger partial charge >= 0.3 is 11.6 Å². The molecule has 0 aliphatic carbocycles. The Hall–Kier alpha value is -3.55. The van der Waals surface area contributed by atoms with Crippen LogP contribution in [0.3, 0.4) is 0 Å². The fraction of sp³-hybridized carbons (Fsp3) is 0.250. The number of ether oxygens (including phenoxy) is 2. The van der Waals surface area contributed by atoms with Gasteiger partial charge in [-0.3, -0.25) is 9.59 Å². The van der Waals surface area contributed by atoms with E-state index in [0.29, 0.717) is 16.7 Å². The van der Waals surface area contributed by atoms with Crippen molar-refractivity contribution < 1.29 is 23.8 Å². The molecule has 28 heavy (non-hydrogen) atoms. The number of carbonyl (C=O) groups excluding carboxylic acids is 1. The molecule has 1 aromatic carbocycles.